The lowest BCUT2D eigenvalue weighted by Crippen LogP contribution is -1.88. The van der Waals surface area contributed by atoms with Gasteiger partial charge in [0.1, 0.15) is 11.0 Å². The van der Waals surface area contributed by atoms with E-state index < -0.39 is 0 Å². The Hall–Kier alpha value is -1.04. The fraction of sp³-hybridized carbons (Fsp3) is 0.375. The smallest absolute Gasteiger partial charge is 0.114 e. The van der Waals surface area contributed by atoms with Gasteiger partial charge in [-0.15, -0.1) is 22.7 Å². The van der Waals surface area contributed by atoms with Crippen molar-refractivity contribution in [1.29, 1.82) is 0 Å². The number of benzene rings is 1. The Morgan fingerprint density at radius 1 is 0.762 bits per heavy atom. The minimum Gasteiger partial charge on any atom is -0.172 e. The van der Waals surface area contributed by atoms with E-state index in [0.29, 0.717) is 11.8 Å². The summed E-state index contributed by atoms with van der Waals surface area (Å²) >= 11 is 5.06. The van der Waals surface area contributed by atoms with Gasteiger partial charge in [0.05, 0.1) is 21.1 Å². The molecule has 2 nitrogen and oxygen atoms in total. The molecule has 0 saturated heterocycles. The van der Waals surface area contributed by atoms with Crippen molar-refractivity contribution in [3.8, 4) is 0 Å². The van der Waals surface area contributed by atoms with Gasteiger partial charge in [-0.2, -0.15) is 8.75 Å². The van der Waals surface area contributed by atoms with E-state index >= 15 is 0 Å². The first kappa shape index (κ1) is 13.6. The highest BCUT2D eigenvalue weighted by molar-refractivity contribution is 7.26. The third-order valence-corrected chi connectivity index (χ3v) is 6.74. The van der Waals surface area contributed by atoms with Gasteiger partial charge in [0.15, 0.2) is 0 Å². The molecule has 0 bridgehead atoms. The van der Waals surface area contributed by atoms with E-state index in [9.17, 15) is 0 Å². The predicted molar refractivity (Wildman–Crippen MR) is 96.4 cm³/mol. The summed E-state index contributed by atoms with van der Waals surface area (Å²) in [6.45, 7) is 9.02. The Morgan fingerprint density at radius 2 is 1.19 bits per heavy atom. The van der Waals surface area contributed by atoms with E-state index in [4.69, 9.17) is 0 Å². The van der Waals surface area contributed by atoms with Gasteiger partial charge in [-0.1, -0.05) is 27.7 Å². The Balaban J connectivity index is 2.29. The van der Waals surface area contributed by atoms with E-state index in [2.05, 4.69) is 47.2 Å². The fourth-order valence-electron chi connectivity index (χ4n) is 2.93. The zero-order valence-electron chi connectivity index (χ0n) is 12.4. The van der Waals surface area contributed by atoms with Crippen LogP contribution < -0.4 is 0 Å². The predicted octanol–water partition coefficient (Wildman–Crippen LogP) is 6.37. The van der Waals surface area contributed by atoms with Gasteiger partial charge in [-0.25, -0.2) is 0 Å². The average Bonchev–Trinajstić information content (AvgIpc) is 3.14. The number of rotatable bonds is 2. The molecule has 0 unspecified atom stereocenters. The fourth-order valence-corrected chi connectivity index (χ4v) is 6.13. The molecule has 0 N–H and O–H groups in total. The molecule has 0 saturated carbocycles. The Bertz CT molecular complexity index is 859. The number of hydrogen-bond donors (Lipinski definition) is 0. The average molecular weight is 333 g/mol. The monoisotopic (exact) mass is 332 g/mol. The standard InChI is InChI=1S/C16H16N2S3/c1-7(2)9-5-19-15-11(9)13-14(18-21-17-13)12-10(8(3)4)6-20-16(12)15/h5-8H,1-4H3. The van der Waals surface area contributed by atoms with Gasteiger partial charge in [0.2, 0.25) is 0 Å². The second-order valence-electron chi connectivity index (χ2n) is 6.06. The zero-order valence-corrected chi connectivity index (χ0v) is 14.9. The summed E-state index contributed by atoms with van der Waals surface area (Å²) in [7, 11) is 0. The van der Waals surface area contributed by atoms with Crippen LogP contribution in [-0.2, 0) is 0 Å². The Kier molecular flexibility index (Phi) is 3.07. The highest BCUT2D eigenvalue weighted by atomic mass is 32.1. The van der Waals surface area contributed by atoms with E-state index in [1.165, 1.54) is 43.0 Å². The zero-order chi connectivity index (χ0) is 14.7. The molecule has 108 valence electrons. The van der Waals surface area contributed by atoms with Crippen molar-refractivity contribution in [1.82, 2.24) is 8.75 Å². The summed E-state index contributed by atoms with van der Waals surface area (Å²) in [6.07, 6.45) is 0. The van der Waals surface area contributed by atoms with Crippen molar-refractivity contribution in [2.24, 2.45) is 0 Å². The van der Waals surface area contributed by atoms with Gasteiger partial charge in [0.25, 0.3) is 0 Å². The minimum absolute atomic E-state index is 0.519. The molecule has 0 atom stereocenters. The molecule has 0 spiro atoms. The Morgan fingerprint density at radius 3 is 1.57 bits per heavy atom. The molecule has 21 heavy (non-hydrogen) atoms. The summed E-state index contributed by atoms with van der Waals surface area (Å²) in [5.74, 6) is 1.04. The van der Waals surface area contributed by atoms with E-state index in [1.54, 1.807) is 0 Å². The third-order valence-electron chi connectivity index (χ3n) is 4.05. The van der Waals surface area contributed by atoms with Crippen LogP contribution in [0.15, 0.2) is 10.8 Å². The summed E-state index contributed by atoms with van der Waals surface area (Å²) < 4.78 is 12.1. The van der Waals surface area contributed by atoms with Crippen LogP contribution in [0.25, 0.3) is 31.2 Å². The molecule has 0 radical (unpaired) electrons. The molecule has 4 rings (SSSR count). The van der Waals surface area contributed by atoms with Gasteiger partial charge in [-0.05, 0) is 33.7 Å². The number of fused-ring (bicyclic) bond motifs is 6. The van der Waals surface area contributed by atoms with Crippen molar-refractivity contribution in [3.63, 3.8) is 0 Å². The number of hydrogen-bond acceptors (Lipinski definition) is 5. The lowest BCUT2D eigenvalue weighted by Gasteiger charge is -2.06. The van der Waals surface area contributed by atoms with Gasteiger partial charge < -0.3 is 0 Å². The lowest BCUT2D eigenvalue weighted by atomic mass is 9.97. The molecule has 4 aromatic rings. The van der Waals surface area contributed by atoms with Crippen molar-refractivity contribution in [2.45, 2.75) is 39.5 Å². The number of nitrogens with zero attached hydrogens (tertiary/aromatic N) is 2. The molecular weight excluding hydrogens is 316 g/mol. The van der Waals surface area contributed by atoms with Crippen LogP contribution in [-0.4, -0.2) is 8.75 Å². The summed E-state index contributed by atoms with van der Waals surface area (Å²) in [6, 6.07) is 0. The summed E-state index contributed by atoms with van der Waals surface area (Å²) in [4.78, 5) is 0. The quantitative estimate of drug-likeness (QED) is 0.426. The van der Waals surface area contributed by atoms with Crippen LogP contribution in [0, 0.1) is 0 Å². The van der Waals surface area contributed by atoms with Crippen LogP contribution in [0.5, 0.6) is 0 Å². The first-order valence-electron chi connectivity index (χ1n) is 7.16. The molecule has 0 aliphatic heterocycles. The van der Waals surface area contributed by atoms with Crippen molar-refractivity contribution in [2.75, 3.05) is 0 Å². The molecule has 0 aliphatic carbocycles. The van der Waals surface area contributed by atoms with Crippen LogP contribution in [0.1, 0.15) is 50.7 Å². The maximum absolute atomic E-state index is 4.63. The van der Waals surface area contributed by atoms with E-state index in [-0.39, 0.29) is 0 Å². The lowest BCUT2D eigenvalue weighted by molar-refractivity contribution is 0.880. The second-order valence-corrected chi connectivity index (χ2v) is 8.35. The highest BCUT2D eigenvalue weighted by Gasteiger charge is 2.21. The van der Waals surface area contributed by atoms with Crippen LogP contribution in [0.3, 0.4) is 0 Å². The van der Waals surface area contributed by atoms with E-state index in [1.807, 2.05) is 22.7 Å². The molecular formula is C16H16N2S3. The van der Waals surface area contributed by atoms with Crippen molar-refractivity contribution in [3.05, 3.63) is 21.9 Å². The van der Waals surface area contributed by atoms with Crippen molar-refractivity contribution < 1.29 is 0 Å². The first-order valence-corrected chi connectivity index (χ1v) is 9.65. The Labute approximate surface area is 135 Å². The first-order chi connectivity index (χ1) is 10.1. The highest BCUT2D eigenvalue weighted by Crippen LogP contribution is 2.46. The second kappa shape index (κ2) is 4.73. The SMILES string of the molecule is CC(C)c1csc2c3scc(C(C)C)c3c3nsnc3c12. The molecule has 0 amide bonds. The van der Waals surface area contributed by atoms with Crippen LogP contribution >= 0.6 is 34.4 Å². The maximum Gasteiger partial charge on any atom is 0.114 e. The molecule has 3 aromatic heterocycles. The molecule has 0 fully saturated rings. The van der Waals surface area contributed by atoms with Crippen LogP contribution in [0.4, 0.5) is 0 Å². The van der Waals surface area contributed by atoms with Crippen LogP contribution in [0.2, 0.25) is 0 Å². The molecule has 3 heterocycles. The normalized spacial score (nSPS) is 12.7. The summed E-state index contributed by atoms with van der Waals surface area (Å²) in [5.41, 5.74) is 5.03. The van der Waals surface area contributed by atoms with Gasteiger partial charge >= 0.3 is 0 Å². The summed E-state index contributed by atoms with van der Waals surface area (Å²) in [5, 5.41) is 7.29. The maximum atomic E-state index is 4.63. The molecule has 0 aliphatic rings. The topological polar surface area (TPSA) is 25.8 Å². The molecule has 5 heteroatoms. The van der Waals surface area contributed by atoms with Gasteiger partial charge in [0, 0.05) is 10.8 Å². The van der Waals surface area contributed by atoms with E-state index in [0.717, 1.165) is 11.0 Å². The number of aromatic nitrogens is 2. The largest absolute Gasteiger partial charge is 0.172 e. The third kappa shape index (κ3) is 1.81. The van der Waals surface area contributed by atoms with Crippen molar-refractivity contribution >= 4 is 65.6 Å². The number of thiophene rings is 2. The minimum atomic E-state index is 0.519. The molecule has 1 aromatic carbocycles. The van der Waals surface area contributed by atoms with Gasteiger partial charge in [-0.3, -0.25) is 0 Å².